The first-order valence-electron chi connectivity index (χ1n) is 10.2. The smallest absolute Gasteiger partial charge is 0.191 e. The van der Waals surface area contributed by atoms with Gasteiger partial charge in [0.2, 0.25) is 0 Å². The molecule has 0 radical (unpaired) electrons. The number of fused-ring (bicyclic) bond motifs is 1. The Kier molecular flexibility index (Phi) is 10.4. The summed E-state index contributed by atoms with van der Waals surface area (Å²) in [6, 6.07) is 9.12. The van der Waals surface area contributed by atoms with E-state index in [9.17, 15) is 5.11 Å². The van der Waals surface area contributed by atoms with Gasteiger partial charge in [0.25, 0.3) is 0 Å². The third-order valence-corrected chi connectivity index (χ3v) is 6.64. The van der Waals surface area contributed by atoms with Gasteiger partial charge in [-0.05, 0) is 50.0 Å². The zero-order chi connectivity index (χ0) is 19.1. The van der Waals surface area contributed by atoms with Crippen LogP contribution in [0.1, 0.15) is 37.3 Å². The van der Waals surface area contributed by atoms with Crippen molar-refractivity contribution in [3.8, 4) is 0 Å². The van der Waals surface area contributed by atoms with Crippen molar-refractivity contribution in [1.29, 1.82) is 0 Å². The molecule has 1 fully saturated rings. The molecule has 0 aromatic heterocycles. The van der Waals surface area contributed by atoms with Crippen molar-refractivity contribution in [2.45, 2.75) is 56.5 Å². The highest BCUT2D eigenvalue weighted by Crippen LogP contribution is 2.28. The number of rotatable bonds is 7. The lowest BCUT2D eigenvalue weighted by Gasteiger charge is -2.30. The van der Waals surface area contributed by atoms with Crippen molar-refractivity contribution in [3.63, 3.8) is 0 Å². The standard InChI is InChI=1S/C21H34N4OS.HI/c1-3-22-21(24-18-8-9-20(12-18)27-2)23-13-19(26)15-25-11-10-16-6-4-5-7-17(16)14-25;/h4-7,18-20,26H,3,8-15H2,1-2H3,(H2,22,23,24);1H. The van der Waals surface area contributed by atoms with Crippen molar-refractivity contribution in [2.75, 3.05) is 32.4 Å². The first-order chi connectivity index (χ1) is 13.2. The lowest BCUT2D eigenvalue weighted by molar-refractivity contribution is 0.111. The Hall–Kier alpha value is -0.510. The van der Waals surface area contributed by atoms with Crippen LogP contribution in [-0.4, -0.2) is 65.8 Å². The predicted octanol–water partition coefficient (Wildman–Crippen LogP) is 2.86. The maximum atomic E-state index is 10.5. The molecule has 1 saturated carbocycles. The van der Waals surface area contributed by atoms with Crippen LogP contribution in [0, 0.1) is 0 Å². The van der Waals surface area contributed by atoms with E-state index in [1.54, 1.807) is 0 Å². The molecule has 1 aromatic rings. The number of aliphatic imine (C=N–C) groups is 1. The summed E-state index contributed by atoms with van der Waals surface area (Å²) >= 11 is 1.96. The molecule has 3 unspecified atom stereocenters. The fourth-order valence-electron chi connectivity index (χ4n) is 4.06. The molecule has 1 aliphatic carbocycles. The van der Waals surface area contributed by atoms with Crippen LogP contribution in [0.15, 0.2) is 29.3 Å². The van der Waals surface area contributed by atoms with Gasteiger partial charge in [-0.2, -0.15) is 11.8 Å². The van der Waals surface area contributed by atoms with Gasteiger partial charge < -0.3 is 15.7 Å². The van der Waals surface area contributed by atoms with Crippen LogP contribution in [0.3, 0.4) is 0 Å². The predicted molar refractivity (Wildman–Crippen MR) is 131 cm³/mol. The molecule has 2 aliphatic rings. The van der Waals surface area contributed by atoms with E-state index >= 15 is 0 Å². The highest BCUT2D eigenvalue weighted by atomic mass is 127. The van der Waals surface area contributed by atoms with Crippen molar-refractivity contribution < 1.29 is 5.11 Å². The molecule has 1 aromatic carbocycles. The van der Waals surface area contributed by atoms with E-state index < -0.39 is 6.10 Å². The van der Waals surface area contributed by atoms with Gasteiger partial charge >= 0.3 is 0 Å². The maximum Gasteiger partial charge on any atom is 0.191 e. The third-order valence-electron chi connectivity index (χ3n) is 5.54. The Labute approximate surface area is 191 Å². The number of thioether (sulfide) groups is 1. The van der Waals surface area contributed by atoms with Gasteiger partial charge in [-0.3, -0.25) is 9.89 Å². The number of nitrogens with one attached hydrogen (secondary N) is 2. The molecule has 3 N–H and O–H groups in total. The molecule has 3 rings (SSSR count). The minimum atomic E-state index is -0.437. The summed E-state index contributed by atoms with van der Waals surface area (Å²) < 4.78 is 0. The van der Waals surface area contributed by atoms with Crippen LogP contribution < -0.4 is 10.6 Å². The molecule has 0 amide bonds. The van der Waals surface area contributed by atoms with Crippen LogP contribution >= 0.6 is 35.7 Å². The summed E-state index contributed by atoms with van der Waals surface area (Å²) in [6.07, 6.45) is 6.49. The van der Waals surface area contributed by atoms with Gasteiger partial charge in [0.05, 0.1) is 12.6 Å². The molecule has 7 heteroatoms. The van der Waals surface area contributed by atoms with E-state index in [-0.39, 0.29) is 24.0 Å². The molecule has 1 aliphatic heterocycles. The van der Waals surface area contributed by atoms with Crippen LogP contribution in [0.4, 0.5) is 0 Å². The molecular weight excluding hydrogens is 483 g/mol. The molecule has 0 spiro atoms. The SMILES string of the molecule is CCNC(=NCC(O)CN1CCc2ccccc2C1)NC1CCC(SC)C1.I. The number of hydrogen-bond donors (Lipinski definition) is 3. The van der Waals surface area contributed by atoms with E-state index in [0.717, 1.165) is 37.3 Å². The largest absolute Gasteiger partial charge is 0.390 e. The Morgan fingerprint density at radius 2 is 2.11 bits per heavy atom. The highest BCUT2D eigenvalue weighted by molar-refractivity contribution is 14.0. The first kappa shape index (κ1) is 23.8. The zero-order valence-corrected chi connectivity index (χ0v) is 20.2. The fraction of sp³-hybridized carbons (Fsp3) is 0.667. The minimum Gasteiger partial charge on any atom is -0.390 e. The summed E-state index contributed by atoms with van der Waals surface area (Å²) in [5.41, 5.74) is 2.83. The average molecular weight is 519 g/mol. The van der Waals surface area contributed by atoms with Gasteiger partial charge in [0.1, 0.15) is 0 Å². The van der Waals surface area contributed by atoms with Crippen LogP contribution in [0.5, 0.6) is 0 Å². The molecule has 28 heavy (non-hydrogen) atoms. The highest BCUT2D eigenvalue weighted by Gasteiger charge is 2.24. The number of guanidine groups is 1. The second kappa shape index (κ2) is 12.2. The summed E-state index contributed by atoms with van der Waals surface area (Å²) in [6.45, 7) is 5.96. The Bertz CT molecular complexity index is 630. The van der Waals surface area contributed by atoms with Crippen LogP contribution in [0.25, 0.3) is 0 Å². The van der Waals surface area contributed by atoms with Crippen LogP contribution in [0.2, 0.25) is 0 Å². The lowest BCUT2D eigenvalue weighted by Crippen LogP contribution is -2.43. The first-order valence-corrected chi connectivity index (χ1v) is 11.5. The average Bonchev–Trinajstić information content (AvgIpc) is 3.14. The number of halogens is 1. The molecule has 0 bridgehead atoms. The molecule has 0 saturated heterocycles. The number of aliphatic hydroxyl groups excluding tert-OH is 1. The van der Waals surface area contributed by atoms with E-state index in [4.69, 9.17) is 0 Å². The van der Waals surface area contributed by atoms with E-state index in [1.165, 1.54) is 30.4 Å². The normalized spacial score (nSPS) is 23.6. The lowest BCUT2D eigenvalue weighted by atomic mass is 10.00. The molecule has 158 valence electrons. The summed E-state index contributed by atoms with van der Waals surface area (Å²) in [4.78, 5) is 6.98. The quantitative estimate of drug-likeness (QED) is 0.295. The fourth-order valence-corrected chi connectivity index (χ4v) is 4.86. The summed E-state index contributed by atoms with van der Waals surface area (Å²) in [5.74, 6) is 0.840. The van der Waals surface area contributed by atoms with Gasteiger partial charge in [0, 0.05) is 37.5 Å². The Balaban J connectivity index is 0.00000280. The van der Waals surface area contributed by atoms with E-state index in [0.29, 0.717) is 19.1 Å². The van der Waals surface area contributed by atoms with Gasteiger partial charge in [0.15, 0.2) is 5.96 Å². The van der Waals surface area contributed by atoms with Crippen molar-refractivity contribution in [3.05, 3.63) is 35.4 Å². The summed E-state index contributed by atoms with van der Waals surface area (Å²) in [7, 11) is 0. The Morgan fingerprint density at radius 1 is 1.32 bits per heavy atom. The Morgan fingerprint density at radius 3 is 2.82 bits per heavy atom. The van der Waals surface area contributed by atoms with E-state index in [1.807, 2.05) is 11.8 Å². The van der Waals surface area contributed by atoms with Gasteiger partial charge in [-0.25, -0.2) is 0 Å². The maximum absolute atomic E-state index is 10.5. The zero-order valence-electron chi connectivity index (χ0n) is 17.1. The second-order valence-corrected chi connectivity index (χ2v) is 8.78. The molecule has 1 heterocycles. The topological polar surface area (TPSA) is 59.9 Å². The van der Waals surface area contributed by atoms with Crippen molar-refractivity contribution in [2.24, 2.45) is 4.99 Å². The second-order valence-electron chi connectivity index (χ2n) is 7.64. The van der Waals surface area contributed by atoms with Gasteiger partial charge in [-0.1, -0.05) is 24.3 Å². The number of hydrogen-bond acceptors (Lipinski definition) is 4. The van der Waals surface area contributed by atoms with Crippen LogP contribution in [-0.2, 0) is 13.0 Å². The minimum absolute atomic E-state index is 0. The van der Waals surface area contributed by atoms with Gasteiger partial charge in [-0.15, -0.1) is 24.0 Å². The third kappa shape index (κ3) is 7.07. The monoisotopic (exact) mass is 518 g/mol. The number of β-amino-alcohol motifs (C(OH)–C–C–N with tert-alkyl or cyclic N) is 1. The molecule has 5 nitrogen and oxygen atoms in total. The molecular formula is C21H35IN4OS. The number of benzene rings is 1. The summed E-state index contributed by atoms with van der Waals surface area (Å²) in [5, 5.41) is 18.1. The number of aliphatic hydroxyl groups is 1. The van der Waals surface area contributed by atoms with Crippen molar-refractivity contribution >= 4 is 41.7 Å². The molecule has 3 atom stereocenters. The van der Waals surface area contributed by atoms with Crippen molar-refractivity contribution in [1.82, 2.24) is 15.5 Å². The van der Waals surface area contributed by atoms with E-state index in [2.05, 4.69) is 58.0 Å². The number of nitrogens with zero attached hydrogens (tertiary/aromatic N) is 2.